The van der Waals surface area contributed by atoms with Gasteiger partial charge in [0.25, 0.3) is 5.56 Å². The molecule has 0 aliphatic heterocycles. The van der Waals surface area contributed by atoms with Crippen molar-refractivity contribution in [2.45, 2.75) is 38.8 Å². The highest BCUT2D eigenvalue weighted by molar-refractivity contribution is 5.39. The van der Waals surface area contributed by atoms with Gasteiger partial charge in [0.1, 0.15) is 0 Å². The molecule has 0 bridgehead atoms. The van der Waals surface area contributed by atoms with Crippen molar-refractivity contribution in [2.24, 2.45) is 5.73 Å². The number of hydrogen-bond acceptors (Lipinski definition) is 4. The van der Waals surface area contributed by atoms with Crippen LogP contribution in [0.5, 0.6) is 0 Å². The molecule has 5 nitrogen and oxygen atoms in total. The Hall–Kier alpha value is -1.36. The highest BCUT2D eigenvalue weighted by Crippen LogP contribution is 2.28. The summed E-state index contributed by atoms with van der Waals surface area (Å²) in [7, 11) is 0. The quantitative estimate of drug-likeness (QED) is 0.784. The molecule has 0 amide bonds. The van der Waals surface area contributed by atoms with E-state index in [1.807, 2.05) is 0 Å². The molecule has 2 rings (SSSR count). The van der Waals surface area contributed by atoms with Crippen molar-refractivity contribution < 1.29 is 0 Å². The summed E-state index contributed by atoms with van der Waals surface area (Å²) in [4.78, 5) is 18.5. The number of nitrogens with zero attached hydrogens (tertiary/aromatic N) is 3. The standard InChI is InChI=1S/C12H20N4O/c1-2-7-15-9-6-14-11(12(15)17)16(8-5-13)10-3-4-10/h6,9-10H,2-5,7-8,13H2,1H3. The van der Waals surface area contributed by atoms with Gasteiger partial charge in [-0.05, 0) is 19.3 Å². The lowest BCUT2D eigenvalue weighted by molar-refractivity contribution is 0.639. The zero-order valence-corrected chi connectivity index (χ0v) is 10.3. The van der Waals surface area contributed by atoms with Gasteiger partial charge in [-0.25, -0.2) is 4.98 Å². The van der Waals surface area contributed by atoms with Crippen LogP contribution in [0.4, 0.5) is 5.82 Å². The van der Waals surface area contributed by atoms with Crippen LogP contribution in [-0.4, -0.2) is 28.7 Å². The second-order valence-electron chi connectivity index (χ2n) is 4.46. The van der Waals surface area contributed by atoms with E-state index in [9.17, 15) is 4.79 Å². The van der Waals surface area contributed by atoms with Crippen molar-refractivity contribution >= 4 is 5.82 Å². The summed E-state index contributed by atoms with van der Waals surface area (Å²) in [6.45, 7) is 4.07. The van der Waals surface area contributed by atoms with Gasteiger partial charge in [0, 0.05) is 38.1 Å². The fourth-order valence-corrected chi connectivity index (χ4v) is 2.04. The average molecular weight is 236 g/mol. The molecule has 0 atom stereocenters. The highest BCUT2D eigenvalue weighted by atomic mass is 16.1. The van der Waals surface area contributed by atoms with E-state index in [2.05, 4.69) is 16.8 Å². The Morgan fingerprint density at radius 1 is 1.59 bits per heavy atom. The van der Waals surface area contributed by atoms with Crippen molar-refractivity contribution in [1.82, 2.24) is 9.55 Å². The molecule has 1 saturated carbocycles. The molecule has 5 heteroatoms. The second kappa shape index (κ2) is 5.31. The first-order valence-corrected chi connectivity index (χ1v) is 6.30. The van der Waals surface area contributed by atoms with Crippen LogP contribution in [0.1, 0.15) is 26.2 Å². The molecule has 1 aromatic heterocycles. The molecule has 2 N–H and O–H groups in total. The van der Waals surface area contributed by atoms with Crippen LogP contribution in [0.15, 0.2) is 17.2 Å². The summed E-state index contributed by atoms with van der Waals surface area (Å²) in [6.07, 6.45) is 6.69. The predicted molar refractivity (Wildman–Crippen MR) is 68.2 cm³/mol. The van der Waals surface area contributed by atoms with Gasteiger partial charge in [-0.3, -0.25) is 4.79 Å². The van der Waals surface area contributed by atoms with Crippen LogP contribution < -0.4 is 16.2 Å². The van der Waals surface area contributed by atoms with E-state index in [1.165, 1.54) is 0 Å². The van der Waals surface area contributed by atoms with Gasteiger partial charge in [-0.2, -0.15) is 0 Å². The summed E-state index contributed by atoms with van der Waals surface area (Å²) in [6, 6.07) is 0.469. The maximum atomic E-state index is 12.2. The Morgan fingerprint density at radius 2 is 2.35 bits per heavy atom. The normalized spacial score (nSPS) is 14.9. The fourth-order valence-electron chi connectivity index (χ4n) is 2.04. The van der Waals surface area contributed by atoms with E-state index in [4.69, 9.17) is 5.73 Å². The molecule has 94 valence electrons. The van der Waals surface area contributed by atoms with Crippen molar-refractivity contribution in [3.63, 3.8) is 0 Å². The smallest absolute Gasteiger partial charge is 0.293 e. The third-order valence-electron chi connectivity index (χ3n) is 2.99. The van der Waals surface area contributed by atoms with E-state index >= 15 is 0 Å². The first kappa shape index (κ1) is 12.1. The highest BCUT2D eigenvalue weighted by Gasteiger charge is 2.31. The Balaban J connectivity index is 2.29. The lowest BCUT2D eigenvalue weighted by atomic mass is 10.4. The molecule has 0 aromatic carbocycles. The first-order chi connectivity index (χ1) is 8.27. The van der Waals surface area contributed by atoms with Crippen LogP contribution >= 0.6 is 0 Å². The van der Waals surface area contributed by atoms with Crippen molar-refractivity contribution in [3.05, 3.63) is 22.7 Å². The summed E-state index contributed by atoms with van der Waals surface area (Å²) >= 11 is 0. The average Bonchev–Trinajstić information content (AvgIpc) is 3.14. The van der Waals surface area contributed by atoms with E-state index in [-0.39, 0.29) is 5.56 Å². The first-order valence-electron chi connectivity index (χ1n) is 6.30. The third kappa shape index (κ3) is 2.66. The molecular formula is C12H20N4O. The Morgan fingerprint density at radius 3 is 2.94 bits per heavy atom. The van der Waals surface area contributed by atoms with E-state index in [1.54, 1.807) is 17.0 Å². The minimum Gasteiger partial charge on any atom is -0.348 e. The Labute approximate surface area is 101 Å². The summed E-state index contributed by atoms with van der Waals surface area (Å²) in [5, 5.41) is 0. The molecule has 17 heavy (non-hydrogen) atoms. The van der Waals surface area contributed by atoms with Crippen molar-refractivity contribution in [1.29, 1.82) is 0 Å². The summed E-state index contributed by atoms with van der Waals surface area (Å²) in [5.41, 5.74) is 5.61. The molecule has 1 heterocycles. The number of hydrogen-bond donors (Lipinski definition) is 1. The maximum absolute atomic E-state index is 12.2. The molecule has 0 spiro atoms. The van der Waals surface area contributed by atoms with Gasteiger partial charge in [-0.1, -0.05) is 6.92 Å². The molecule has 1 fully saturated rings. The molecular weight excluding hydrogens is 216 g/mol. The van der Waals surface area contributed by atoms with E-state index < -0.39 is 0 Å². The van der Waals surface area contributed by atoms with E-state index in [0.29, 0.717) is 24.9 Å². The number of nitrogens with two attached hydrogens (primary N) is 1. The van der Waals surface area contributed by atoms with Crippen LogP contribution in [0.25, 0.3) is 0 Å². The Bertz CT molecular complexity index is 425. The topological polar surface area (TPSA) is 64.2 Å². The lowest BCUT2D eigenvalue weighted by Crippen LogP contribution is -2.38. The monoisotopic (exact) mass is 236 g/mol. The van der Waals surface area contributed by atoms with Gasteiger partial charge in [0.05, 0.1) is 0 Å². The van der Waals surface area contributed by atoms with Gasteiger partial charge >= 0.3 is 0 Å². The Kier molecular flexibility index (Phi) is 3.78. The van der Waals surface area contributed by atoms with Gasteiger partial charge < -0.3 is 15.2 Å². The largest absolute Gasteiger partial charge is 0.348 e. The minimum atomic E-state index is 0.00898. The van der Waals surface area contributed by atoms with Gasteiger partial charge in [0.15, 0.2) is 5.82 Å². The zero-order valence-electron chi connectivity index (χ0n) is 10.3. The van der Waals surface area contributed by atoms with Crippen LogP contribution in [0.2, 0.25) is 0 Å². The van der Waals surface area contributed by atoms with Crippen LogP contribution in [0, 0.1) is 0 Å². The lowest BCUT2D eigenvalue weighted by Gasteiger charge is -2.22. The van der Waals surface area contributed by atoms with Crippen molar-refractivity contribution in [2.75, 3.05) is 18.0 Å². The molecule has 1 aromatic rings. The molecule has 0 unspecified atom stereocenters. The van der Waals surface area contributed by atoms with Crippen molar-refractivity contribution in [3.8, 4) is 0 Å². The molecule has 1 aliphatic rings. The SMILES string of the molecule is CCCn1ccnc(N(CCN)C2CC2)c1=O. The molecule has 0 radical (unpaired) electrons. The number of aryl methyl sites for hydroxylation is 1. The summed E-state index contributed by atoms with van der Waals surface area (Å²) < 4.78 is 1.73. The van der Waals surface area contributed by atoms with Gasteiger partial charge in [0.2, 0.25) is 0 Å². The predicted octanol–water partition coefficient (Wildman–Crippen LogP) is 0.581. The zero-order chi connectivity index (χ0) is 12.3. The van der Waals surface area contributed by atoms with Crippen LogP contribution in [-0.2, 0) is 6.54 Å². The number of rotatable bonds is 6. The summed E-state index contributed by atoms with van der Waals surface area (Å²) in [5.74, 6) is 0.564. The third-order valence-corrected chi connectivity index (χ3v) is 2.99. The molecule has 0 saturated heterocycles. The fraction of sp³-hybridized carbons (Fsp3) is 0.667. The second-order valence-corrected chi connectivity index (χ2v) is 4.46. The van der Waals surface area contributed by atoms with E-state index in [0.717, 1.165) is 25.8 Å². The number of anilines is 1. The van der Waals surface area contributed by atoms with Crippen LogP contribution in [0.3, 0.4) is 0 Å². The number of aromatic nitrogens is 2. The minimum absolute atomic E-state index is 0.00898. The van der Waals surface area contributed by atoms with Gasteiger partial charge in [-0.15, -0.1) is 0 Å². The maximum Gasteiger partial charge on any atom is 0.293 e. The molecule has 1 aliphatic carbocycles.